The van der Waals surface area contributed by atoms with E-state index in [2.05, 4.69) is 0 Å². The van der Waals surface area contributed by atoms with Gasteiger partial charge in [0.15, 0.2) is 0 Å². The van der Waals surface area contributed by atoms with E-state index in [1.165, 1.54) is 16.4 Å². The van der Waals surface area contributed by atoms with Gasteiger partial charge in [-0.1, -0.05) is 30.3 Å². The first-order valence-corrected chi connectivity index (χ1v) is 11.4. The van der Waals surface area contributed by atoms with Crippen molar-refractivity contribution in [1.82, 2.24) is 9.21 Å². The van der Waals surface area contributed by atoms with Crippen LogP contribution in [0.15, 0.2) is 47.4 Å². The number of carbonyl (C=O) groups is 1. The fraction of sp³-hybridized carbons (Fsp3) is 0.381. The first-order chi connectivity index (χ1) is 14.3. The summed E-state index contributed by atoms with van der Waals surface area (Å²) in [7, 11) is -4.12. The minimum atomic E-state index is -4.12. The molecule has 2 aliphatic heterocycles. The van der Waals surface area contributed by atoms with Gasteiger partial charge in [0.2, 0.25) is 15.9 Å². The molecule has 0 aliphatic carbocycles. The lowest BCUT2D eigenvalue weighted by molar-refractivity contribution is -0.385. The number of benzene rings is 2. The van der Waals surface area contributed by atoms with Gasteiger partial charge in [-0.15, -0.1) is 0 Å². The van der Waals surface area contributed by atoms with Crippen LogP contribution in [0, 0.1) is 17.0 Å². The Morgan fingerprint density at radius 1 is 1.10 bits per heavy atom. The number of nitro benzene ring substituents is 1. The minimum absolute atomic E-state index is 0.0599. The number of hydrogen-bond acceptors (Lipinski definition) is 5. The molecule has 1 atom stereocenters. The summed E-state index contributed by atoms with van der Waals surface area (Å²) in [4.78, 5) is 25.5. The third-order valence-corrected chi connectivity index (χ3v) is 7.74. The van der Waals surface area contributed by atoms with Gasteiger partial charge in [-0.25, -0.2) is 8.42 Å². The van der Waals surface area contributed by atoms with E-state index in [1.54, 1.807) is 11.8 Å². The molecule has 8 nitrogen and oxygen atoms in total. The minimum Gasteiger partial charge on any atom is -0.341 e. The molecule has 1 saturated heterocycles. The van der Waals surface area contributed by atoms with Crippen molar-refractivity contribution in [2.24, 2.45) is 0 Å². The quantitative estimate of drug-likeness (QED) is 0.549. The van der Waals surface area contributed by atoms with Crippen molar-refractivity contribution in [1.29, 1.82) is 0 Å². The van der Waals surface area contributed by atoms with Gasteiger partial charge in [-0.2, -0.15) is 4.31 Å². The van der Waals surface area contributed by atoms with Crippen LogP contribution in [-0.4, -0.2) is 47.6 Å². The average molecular weight is 429 g/mol. The summed E-state index contributed by atoms with van der Waals surface area (Å²) < 4.78 is 28.3. The second-order valence-electron chi connectivity index (χ2n) is 7.78. The molecule has 4 rings (SSSR count). The SMILES string of the molecule is Cc1ccc(S(=O)(=O)N2Cc3ccccc3C[C@@H]2C(=O)N2CCCC2)cc1[N+](=O)[O-]. The summed E-state index contributed by atoms with van der Waals surface area (Å²) in [5, 5.41) is 11.3. The molecule has 0 N–H and O–H groups in total. The fourth-order valence-corrected chi connectivity index (χ4v) is 5.77. The zero-order valence-corrected chi connectivity index (χ0v) is 17.5. The number of amides is 1. The molecule has 2 aromatic rings. The molecular weight excluding hydrogens is 406 g/mol. The molecule has 9 heteroatoms. The average Bonchev–Trinajstić information content (AvgIpc) is 3.27. The number of hydrogen-bond donors (Lipinski definition) is 0. The van der Waals surface area contributed by atoms with Crippen LogP contribution in [0.4, 0.5) is 5.69 Å². The standard InChI is InChI=1S/C21H23N3O5S/c1-15-8-9-18(13-19(15)24(26)27)30(28,29)23-14-17-7-3-2-6-16(17)12-20(23)21(25)22-10-4-5-11-22/h2-3,6-9,13,20H,4-5,10-12,14H2,1H3/t20-/m1/s1. The van der Waals surface area contributed by atoms with Crippen molar-refractivity contribution in [3.8, 4) is 0 Å². The van der Waals surface area contributed by atoms with Gasteiger partial charge in [0, 0.05) is 31.3 Å². The zero-order valence-electron chi connectivity index (χ0n) is 16.7. The number of aryl methyl sites for hydroxylation is 1. The van der Waals surface area contributed by atoms with E-state index in [0.29, 0.717) is 25.1 Å². The van der Waals surface area contributed by atoms with Gasteiger partial charge in [-0.3, -0.25) is 14.9 Å². The third-order valence-electron chi connectivity index (χ3n) is 5.89. The smallest absolute Gasteiger partial charge is 0.273 e. The number of nitrogens with zero attached hydrogens (tertiary/aromatic N) is 3. The van der Waals surface area contributed by atoms with Gasteiger partial charge in [0.25, 0.3) is 5.69 Å². The fourth-order valence-electron chi connectivity index (χ4n) is 4.19. The van der Waals surface area contributed by atoms with Crippen molar-refractivity contribution >= 4 is 21.6 Å². The Labute approximate surface area is 175 Å². The predicted octanol–water partition coefficient (Wildman–Crippen LogP) is 2.64. The molecule has 0 radical (unpaired) electrons. The predicted molar refractivity (Wildman–Crippen MR) is 110 cm³/mol. The van der Waals surface area contributed by atoms with E-state index in [-0.39, 0.29) is 23.0 Å². The zero-order chi connectivity index (χ0) is 21.5. The maximum atomic E-state index is 13.5. The monoisotopic (exact) mass is 429 g/mol. The van der Waals surface area contributed by atoms with E-state index in [9.17, 15) is 23.3 Å². The number of fused-ring (bicyclic) bond motifs is 1. The van der Waals surface area contributed by atoms with Crippen LogP contribution in [0.5, 0.6) is 0 Å². The Kier molecular flexibility index (Phi) is 5.33. The van der Waals surface area contributed by atoms with E-state index in [1.807, 2.05) is 24.3 Å². The second-order valence-corrected chi connectivity index (χ2v) is 9.67. The maximum absolute atomic E-state index is 13.5. The Morgan fingerprint density at radius 3 is 2.43 bits per heavy atom. The molecule has 0 saturated carbocycles. The molecule has 0 aromatic heterocycles. The lowest BCUT2D eigenvalue weighted by Crippen LogP contribution is -2.53. The van der Waals surface area contributed by atoms with Crippen LogP contribution in [0.2, 0.25) is 0 Å². The van der Waals surface area contributed by atoms with Gasteiger partial charge in [-0.05, 0) is 43.4 Å². The van der Waals surface area contributed by atoms with Gasteiger partial charge in [0.05, 0.1) is 9.82 Å². The molecule has 30 heavy (non-hydrogen) atoms. The Bertz CT molecular complexity index is 1110. The number of nitro groups is 1. The second kappa shape index (κ2) is 7.81. The maximum Gasteiger partial charge on any atom is 0.273 e. The highest BCUT2D eigenvalue weighted by molar-refractivity contribution is 7.89. The summed E-state index contributed by atoms with van der Waals surface area (Å²) in [6.07, 6.45) is 2.11. The lowest BCUT2D eigenvalue weighted by atomic mass is 9.95. The third kappa shape index (κ3) is 3.59. The summed E-state index contributed by atoms with van der Waals surface area (Å²) in [6, 6.07) is 10.5. The van der Waals surface area contributed by atoms with Gasteiger partial charge >= 0.3 is 0 Å². The number of carbonyl (C=O) groups excluding carboxylic acids is 1. The Hall–Kier alpha value is -2.78. The van der Waals surface area contributed by atoms with E-state index in [0.717, 1.165) is 30.0 Å². The normalized spacial score (nSPS) is 19.5. The van der Waals surface area contributed by atoms with E-state index >= 15 is 0 Å². The summed E-state index contributed by atoms with van der Waals surface area (Å²) >= 11 is 0. The van der Waals surface area contributed by atoms with Crippen molar-refractivity contribution in [3.63, 3.8) is 0 Å². The van der Waals surface area contributed by atoms with Crippen molar-refractivity contribution in [3.05, 3.63) is 69.3 Å². The molecule has 2 aliphatic rings. The molecule has 1 fully saturated rings. The van der Waals surface area contributed by atoms with Gasteiger partial charge in [0.1, 0.15) is 6.04 Å². The topological polar surface area (TPSA) is 101 Å². The highest BCUT2D eigenvalue weighted by Crippen LogP contribution is 2.32. The van der Waals surface area contributed by atoms with Crippen molar-refractivity contribution < 1.29 is 18.1 Å². The molecule has 2 heterocycles. The van der Waals surface area contributed by atoms with Crippen molar-refractivity contribution in [2.75, 3.05) is 13.1 Å². The van der Waals surface area contributed by atoms with Gasteiger partial charge < -0.3 is 4.90 Å². The molecular formula is C21H23N3O5S. The van der Waals surface area contributed by atoms with Crippen LogP contribution < -0.4 is 0 Å². The molecule has 1 amide bonds. The van der Waals surface area contributed by atoms with E-state index in [4.69, 9.17) is 0 Å². The molecule has 158 valence electrons. The van der Waals surface area contributed by atoms with Crippen molar-refractivity contribution in [2.45, 2.75) is 43.7 Å². The van der Waals surface area contributed by atoms with Crippen LogP contribution in [0.1, 0.15) is 29.5 Å². The molecule has 0 unspecified atom stereocenters. The van der Waals surface area contributed by atoms with Crippen LogP contribution in [0.3, 0.4) is 0 Å². The van der Waals surface area contributed by atoms with E-state index < -0.39 is 21.0 Å². The summed E-state index contributed by atoms with van der Waals surface area (Å²) in [5.74, 6) is -0.202. The first-order valence-electron chi connectivity index (χ1n) is 9.91. The summed E-state index contributed by atoms with van der Waals surface area (Å²) in [5.41, 5.74) is 1.92. The highest BCUT2D eigenvalue weighted by Gasteiger charge is 2.42. The highest BCUT2D eigenvalue weighted by atomic mass is 32.2. The van der Waals surface area contributed by atoms with Crippen LogP contribution >= 0.6 is 0 Å². The van der Waals surface area contributed by atoms with Crippen LogP contribution in [-0.2, 0) is 27.8 Å². The Morgan fingerprint density at radius 2 is 1.77 bits per heavy atom. The van der Waals surface area contributed by atoms with Crippen LogP contribution in [0.25, 0.3) is 0 Å². The number of likely N-dealkylation sites (tertiary alicyclic amines) is 1. The largest absolute Gasteiger partial charge is 0.341 e. The molecule has 0 bridgehead atoms. The number of sulfonamides is 1. The number of rotatable bonds is 4. The lowest BCUT2D eigenvalue weighted by Gasteiger charge is -2.36. The molecule has 0 spiro atoms. The molecule has 2 aromatic carbocycles. The summed E-state index contributed by atoms with van der Waals surface area (Å²) in [6.45, 7) is 2.87. The Balaban J connectivity index is 1.77. The first kappa shape index (κ1) is 20.5.